The second kappa shape index (κ2) is 3.50. The van der Waals surface area contributed by atoms with Gasteiger partial charge < -0.3 is 0 Å². The van der Waals surface area contributed by atoms with Gasteiger partial charge in [-0.15, -0.1) is 0 Å². The molecule has 6 heteroatoms. The SMILES string of the molecule is CC1(C)CO[PH](O)(CC(=O)O)OC1. The van der Waals surface area contributed by atoms with Gasteiger partial charge in [-0.25, -0.2) is 0 Å². The van der Waals surface area contributed by atoms with E-state index in [4.69, 9.17) is 14.2 Å². The van der Waals surface area contributed by atoms with Crippen molar-refractivity contribution in [2.24, 2.45) is 5.41 Å². The van der Waals surface area contributed by atoms with Crippen LogP contribution in [0.3, 0.4) is 0 Å². The topological polar surface area (TPSA) is 76.0 Å². The van der Waals surface area contributed by atoms with Gasteiger partial charge in [-0.05, 0) is 0 Å². The molecule has 0 unspecified atom stereocenters. The molecule has 0 aromatic carbocycles. The molecule has 0 aromatic rings. The summed E-state index contributed by atoms with van der Waals surface area (Å²) in [6, 6.07) is 0. The Morgan fingerprint density at radius 2 is 1.92 bits per heavy atom. The summed E-state index contributed by atoms with van der Waals surface area (Å²) in [5.74, 6) is -1.09. The van der Waals surface area contributed by atoms with Gasteiger partial charge in [0.1, 0.15) is 0 Å². The van der Waals surface area contributed by atoms with E-state index < -0.39 is 20.1 Å². The number of rotatable bonds is 2. The molecule has 0 saturated carbocycles. The molecule has 0 aromatic heterocycles. The Hall–Kier alpha value is -0.220. The molecule has 1 heterocycles. The molecular formula is C7H15O5P. The maximum atomic E-state index is 10.3. The predicted molar refractivity (Wildman–Crippen MR) is 48.7 cm³/mol. The molecule has 13 heavy (non-hydrogen) atoms. The number of carboxylic acid groups (broad SMARTS) is 1. The van der Waals surface area contributed by atoms with E-state index >= 15 is 0 Å². The van der Waals surface area contributed by atoms with E-state index in [0.717, 1.165) is 0 Å². The zero-order chi connectivity index (χ0) is 10.1. The molecule has 0 bridgehead atoms. The minimum atomic E-state index is -3.39. The quantitative estimate of drug-likeness (QED) is 0.654. The Kier molecular flexibility index (Phi) is 2.92. The van der Waals surface area contributed by atoms with E-state index in [9.17, 15) is 9.69 Å². The first-order valence-corrected chi connectivity index (χ1v) is 6.02. The molecule has 1 rings (SSSR count). The molecule has 0 spiro atoms. The third-order valence-electron chi connectivity index (χ3n) is 1.75. The van der Waals surface area contributed by atoms with Crippen LogP contribution >= 0.6 is 7.94 Å². The first-order valence-electron chi connectivity index (χ1n) is 4.05. The van der Waals surface area contributed by atoms with Crippen LogP contribution in [0.15, 0.2) is 0 Å². The predicted octanol–water partition coefficient (Wildman–Crippen LogP) is 0.631. The van der Waals surface area contributed by atoms with Crippen LogP contribution in [0.4, 0.5) is 0 Å². The van der Waals surface area contributed by atoms with E-state index in [0.29, 0.717) is 13.2 Å². The monoisotopic (exact) mass is 210 g/mol. The first-order chi connectivity index (χ1) is 5.83. The normalized spacial score (nSPS) is 27.9. The van der Waals surface area contributed by atoms with Crippen LogP contribution in [0.25, 0.3) is 0 Å². The number of hydrogen-bond donors (Lipinski definition) is 2. The third-order valence-corrected chi connectivity index (χ3v) is 3.69. The van der Waals surface area contributed by atoms with Gasteiger partial charge in [0, 0.05) is 0 Å². The molecule has 1 saturated heterocycles. The van der Waals surface area contributed by atoms with Crippen LogP contribution < -0.4 is 0 Å². The first kappa shape index (κ1) is 10.9. The van der Waals surface area contributed by atoms with Gasteiger partial charge in [-0.3, -0.25) is 0 Å². The minimum absolute atomic E-state index is 0.141. The molecule has 2 N–H and O–H groups in total. The van der Waals surface area contributed by atoms with Gasteiger partial charge >= 0.3 is 76.4 Å². The summed E-state index contributed by atoms with van der Waals surface area (Å²) in [4.78, 5) is 19.9. The van der Waals surface area contributed by atoms with Crippen molar-refractivity contribution in [1.82, 2.24) is 0 Å². The standard InChI is InChI=1S/C7H15O5P/c1-7(2)4-11-13(10,12-5-7)3-6(8)9/h10,13H,3-5H2,1-2H3,(H,8,9). The van der Waals surface area contributed by atoms with Crippen molar-refractivity contribution in [2.75, 3.05) is 19.4 Å². The summed E-state index contributed by atoms with van der Waals surface area (Å²) in [6.45, 7) is 4.56. The van der Waals surface area contributed by atoms with Crippen molar-refractivity contribution in [2.45, 2.75) is 13.8 Å². The van der Waals surface area contributed by atoms with E-state index in [1.165, 1.54) is 0 Å². The van der Waals surface area contributed by atoms with E-state index in [1.54, 1.807) is 0 Å². The Balaban J connectivity index is 2.51. The molecule has 1 aliphatic heterocycles. The van der Waals surface area contributed by atoms with Crippen molar-refractivity contribution >= 4 is 13.9 Å². The third kappa shape index (κ3) is 3.19. The zero-order valence-corrected chi connectivity index (χ0v) is 8.74. The Bertz CT molecular complexity index is 205. The molecule has 0 radical (unpaired) electrons. The Labute approximate surface area is 77.2 Å². The van der Waals surface area contributed by atoms with Crippen molar-refractivity contribution in [3.8, 4) is 0 Å². The summed E-state index contributed by atoms with van der Waals surface area (Å²) in [7, 11) is -3.39. The molecule has 78 valence electrons. The summed E-state index contributed by atoms with van der Waals surface area (Å²) in [6.07, 6.45) is -0.414. The van der Waals surface area contributed by atoms with Crippen molar-refractivity contribution < 1.29 is 23.8 Å². The molecule has 1 aliphatic rings. The summed E-state index contributed by atoms with van der Waals surface area (Å²) < 4.78 is 10.2. The average Bonchev–Trinajstić information content (AvgIpc) is 1.95. The number of carboxylic acids is 1. The number of aliphatic carboxylic acids is 1. The van der Waals surface area contributed by atoms with Crippen LogP contribution in [-0.4, -0.2) is 35.3 Å². The zero-order valence-electron chi connectivity index (χ0n) is 7.74. The van der Waals surface area contributed by atoms with Gasteiger partial charge in [0.25, 0.3) is 0 Å². The van der Waals surface area contributed by atoms with Crippen LogP contribution in [0.2, 0.25) is 0 Å². The molecule has 1 fully saturated rings. The second-order valence-corrected chi connectivity index (χ2v) is 6.38. The van der Waals surface area contributed by atoms with Gasteiger partial charge in [-0.2, -0.15) is 0 Å². The van der Waals surface area contributed by atoms with Crippen LogP contribution in [0.1, 0.15) is 13.8 Å². The average molecular weight is 210 g/mol. The van der Waals surface area contributed by atoms with Gasteiger partial charge in [0.05, 0.1) is 0 Å². The second-order valence-electron chi connectivity index (χ2n) is 4.02. The van der Waals surface area contributed by atoms with Crippen LogP contribution in [0.5, 0.6) is 0 Å². The summed E-state index contributed by atoms with van der Waals surface area (Å²) >= 11 is 0. The maximum absolute atomic E-state index is 10.3. The molecule has 5 nitrogen and oxygen atoms in total. The van der Waals surface area contributed by atoms with Gasteiger partial charge in [0.2, 0.25) is 0 Å². The van der Waals surface area contributed by atoms with Crippen molar-refractivity contribution in [1.29, 1.82) is 0 Å². The summed E-state index contributed by atoms with van der Waals surface area (Å²) in [5, 5.41) is 8.48. The molecule has 0 aliphatic carbocycles. The van der Waals surface area contributed by atoms with Crippen molar-refractivity contribution in [3.05, 3.63) is 0 Å². The Morgan fingerprint density at radius 1 is 1.46 bits per heavy atom. The molecule has 0 atom stereocenters. The fourth-order valence-electron chi connectivity index (χ4n) is 0.993. The Morgan fingerprint density at radius 3 is 2.31 bits per heavy atom. The van der Waals surface area contributed by atoms with E-state index in [-0.39, 0.29) is 5.41 Å². The molecular weight excluding hydrogens is 195 g/mol. The van der Waals surface area contributed by atoms with Gasteiger partial charge in [0.15, 0.2) is 0 Å². The number of carbonyl (C=O) groups is 1. The van der Waals surface area contributed by atoms with E-state index in [2.05, 4.69) is 0 Å². The fraction of sp³-hybridized carbons (Fsp3) is 0.857. The fourth-order valence-corrected chi connectivity index (χ4v) is 2.89. The summed E-state index contributed by atoms with van der Waals surface area (Å²) in [5.41, 5.74) is -0.141. The molecule has 0 amide bonds. The van der Waals surface area contributed by atoms with Gasteiger partial charge in [-0.1, -0.05) is 0 Å². The van der Waals surface area contributed by atoms with E-state index in [1.807, 2.05) is 13.8 Å². The van der Waals surface area contributed by atoms with Crippen LogP contribution in [-0.2, 0) is 13.8 Å². The number of hydrogen-bond acceptors (Lipinski definition) is 4. The van der Waals surface area contributed by atoms with Crippen LogP contribution in [0, 0.1) is 5.41 Å². The van der Waals surface area contributed by atoms with Crippen molar-refractivity contribution in [3.63, 3.8) is 0 Å².